The van der Waals surface area contributed by atoms with Gasteiger partial charge in [-0.15, -0.1) is 0 Å². The minimum absolute atomic E-state index is 0.538. The molecule has 1 aromatic carbocycles. The number of rotatable bonds is 2. The van der Waals surface area contributed by atoms with E-state index < -0.39 is 0 Å². The highest BCUT2D eigenvalue weighted by Crippen LogP contribution is 2.42. The first kappa shape index (κ1) is 13.9. The Bertz CT molecular complexity index is 824. The third kappa shape index (κ3) is 2.35. The van der Waals surface area contributed by atoms with E-state index in [4.69, 9.17) is 0 Å². The molecule has 1 saturated carbocycles. The molecule has 0 amide bonds. The van der Waals surface area contributed by atoms with Crippen LogP contribution in [0.4, 0.5) is 0 Å². The minimum atomic E-state index is 0.538. The van der Waals surface area contributed by atoms with Crippen LogP contribution in [0.25, 0.3) is 11.0 Å². The van der Waals surface area contributed by atoms with Crippen LogP contribution in [-0.2, 0) is 0 Å². The number of hydrogen-bond acceptors (Lipinski definition) is 2. The number of aryl methyl sites for hydroxylation is 1. The van der Waals surface area contributed by atoms with Crippen molar-refractivity contribution in [2.45, 2.75) is 38.1 Å². The number of benzene rings is 1. The van der Waals surface area contributed by atoms with Gasteiger partial charge in [0.15, 0.2) is 0 Å². The maximum absolute atomic E-state index is 4.50. The van der Waals surface area contributed by atoms with Crippen LogP contribution in [0.15, 0.2) is 47.3 Å². The summed E-state index contributed by atoms with van der Waals surface area (Å²) in [6.45, 7) is 2.05. The zero-order valence-corrected chi connectivity index (χ0v) is 14.1. The second-order valence-corrected chi connectivity index (χ2v) is 7.05. The number of fused-ring (bicyclic) bond motifs is 1. The molecule has 112 valence electrons. The van der Waals surface area contributed by atoms with Crippen LogP contribution in [0, 0.1) is 6.92 Å². The summed E-state index contributed by atoms with van der Waals surface area (Å²) in [6.07, 6.45) is 7.49. The van der Waals surface area contributed by atoms with Crippen LogP contribution in [0.3, 0.4) is 0 Å². The molecular formula is C18H18BrN3. The van der Waals surface area contributed by atoms with Gasteiger partial charge in [0, 0.05) is 22.1 Å². The third-order valence-corrected chi connectivity index (χ3v) is 5.32. The molecule has 4 rings (SSSR count). The average molecular weight is 356 g/mol. The van der Waals surface area contributed by atoms with Crippen molar-refractivity contribution < 1.29 is 0 Å². The summed E-state index contributed by atoms with van der Waals surface area (Å²) >= 11 is 3.58. The van der Waals surface area contributed by atoms with Gasteiger partial charge in [-0.2, -0.15) is 0 Å². The molecule has 2 unspecified atom stereocenters. The Hall–Kier alpha value is -1.68. The van der Waals surface area contributed by atoms with E-state index in [1.54, 1.807) is 6.33 Å². The highest BCUT2D eigenvalue weighted by Gasteiger charge is 2.28. The number of hydrogen-bond donors (Lipinski definition) is 0. The molecule has 22 heavy (non-hydrogen) atoms. The first-order chi connectivity index (χ1) is 10.7. The summed E-state index contributed by atoms with van der Waals surface area (Å²) in [6, 6.07) is 11.4. The fourth-order valence-electron chi connectivity index (χ4n) is 3.67. The van der Waals surface area contributed by atoms with E-state index in [1.165, 1.54) is 34.7 Å². The van der Waals surface area contributed by atoms with Crippen molar-refractivity contribution in [1.82, 2.24) is 14.5 Å². The van der Waals surface area contributed by atoms with Crippen molar-refractivity contribution in [2.75, 3.05) is 0 Å². The molecule has 2 heterocycles. The lowest BCUT2D eigenvalue weighted by Gasteiger charge is -2.15. The second-order valence-electron chi connectivity index (χ2n) is 6.14. The highest BCUT2D eigenvalue weighted by molar-refractivity contribution is 9.10. The Morgan fingerprint density at radius 2 is 2.09 bits per heavy atom. The molecule has 0 saturated heterocycles. The van der Waals surface area contributed by atoms with E-state index in [0.29, 0.717) is 12.0 Å². The monoisotopic (exact) mass is 355 g/mol. The highest BCUT2D eigenvalue weighted by atomic mass is 79.9. The summed E-state index contributed by atoms with van der Waals surface area (Å²) < 4.78 is 3.52. The maximum atomic E-state index is 4.50. The van der Waals surface area contributed by atoms with Crippen molar-refractivity contribution in [3.05, 3.63) is 58.6 Å². The molecule has 2 atom stereocenters. The van der Waals surface area contributed by atoms with Crippen molar-refractivity contribution in [2.24, 2.45) is 0 Å². The van der Waals surface area contributed by atoms with Crippen LogP contribution in [0.5, 0.6) is 0 Å². The number of nitrogens with zero attached hydrogens (tertiary/aromatic N) is 3. The van der Waals surface area contributed by atoms with Gasteiger partial charge in [0.25, 0.3) is 0 Å². The Labute approximate surface area is 138 Å². The molecule has 1 aliphatic carbocycles. The van der Waals surface area contributed by atoms with Gasteiger partial charge >= 0.3 is 0 Å². The van der Waals surface area contributed by atoms with Crippen molar-refractivity contribution in [3.8, 4) is 0 Å². The van der Waals surface area contributed by atoms with Crippen LogP contribution >= 0.6 is 15.9 Å². The Kier molecular flexibility index (Phi) is 3.49. The molecule has 0 N–H and O–H groups in total. The maximum Gasteiger partial charge on any atom is 0.143 e. The molecule has 1 fully saturated rings. The van der Waals surface area contributed by atoms with Gasteiger partial charge in [0.1, 0.15) is 12.0 Å². The first-order valence-corrected chi connectivity index (χ1v) is 8.55. The van der Waals surface area contributed by atoms with E-state index in [0.717, 1.165) is 11.3 Å². The zero-order chi connectivity index (χ0) is 15.1. The normalized spacial score (nSPS) is 21.5. The van der Waals surface area contributed by atoms with Gasteiger partial charge in [-0.3, -0.25) is 0 Å². The smallest absolute Gasteiger partial charge is 0.143 e. The Morgan fingerprint density at radius 1 is 1.18 bits per heavy atom. The van der Waals surface area contributed by atoms with E-state index in [-0.39, 0.29) is 0 Å². The molecule has 3 nitrogen and oxygen atoms in total. The number of halogens is 1. The second kappa shape index (κ2) is 5.51. The number of aromatic nitrogens is 3. The lowest BCUT2D eigenvalue weighted by Crippen LogP contribution is -2.05. The Balaban J connectivity index is 1.63. The fourth-order valence-corrected chi connectivity index (χ4v) is 4.08. The zero-order valence-electron chi connectivity index (χ0n) is 12.5. The van der Waals surface area contributed by atoms with Crippen molar-refractivity contribution >= 4 is 27.0 Å². The minimum Gasteiger partial charge on any atom is -0.329 e. The lowest BCUT2D eigenvalue weighted by molar-refractivity contribution is 0.523. The average Bonchev–Trinajstić information content (AvgIpc) is 3.14. The van der Waals surface area contributed by atoms with Gasteiger partial charge < -0.3 is 4.57 Å². The van der Waals surface area contributed by atoms with Gasteiger partial charge in [-0.25, -0.2) is 9.97 Å². The van der Waals surface area contributed by atoms with E-state index >= 15 is 0 Å². The molecular weight excluding hydrogens is 338 g/mol. The van der Waals surface area contributed by atoms with Crippen molar-refractivity contribution in [3.63, 3.8) is 0 Å². The van der Waals surface area contributed by atoms with Crippen molar-refractivity contribution in [1.29, 1.82) is 0 Å². The van der Waals surface area contributed by atoms with Gasteiger partial charge in [-0.05, 0) is 55.9 Å². The summed E-state index contributed by atoms with van der Waals surface area (Å²) in [5.41, 5.74) is 3.58. The van der Waals surface area contributed by atoms with Gasteiger partial charge in [0.05, 0.1) is 5.69 Å². The molecule has 1 aliphatic rings. The van der Waals surface area contributed by atoms with E-state index in [2.05, 4.69) is 67.0 Å². The largest absolute Gasteiger partial charge is 0.329 e. The molecule has 3 aromatic rings. The van der Waals surface area contributed by atoms with Gasteiger partial charge in [-0.1, -0.05) is 28.1 Å². The molecule has 0 radical (unpaired) electrons. The summed E-state index contributed by atoms with van der Waals surface area (Å²) in [5, 5.41) is 1.17. The molecule has 0 spiro atoms. The fraction of sp³-hybridized carbons (Fsp3) is 0.333. The predicted octanol–water partition coefficient (Wildman–Crippen LogP) is 5.01. The van der Waals surface area contributed by atoms with Crippen LogP contribution in [0.1, 0.15) is 42.5 Å². The van der Waals surface area contributed by atoms with Crippen LogP contribution in [-0.4, -0.2) is 14.5 Å². The topological polar surface area (TPSA) is 30.7 Å². The molecule has 2 aromatic heterocycles. The standard InChI is InChI=1S/C18H18BrN3/c1-12-17-7-8-22(18(17)21-11-20-12)16-6-5-14(10-16)13-3-2-4-15(19)9-13/h2-4,7-9,11,14,16H,5-6,10H2,1H3. The summed E-state index contributed by atoms with van der Waals surface area (Å²) in [5.74, 6) is 0.642. The van der Waals surface area contributed by atoms with Crippen LogP contribution < -0.4 is 0 Å². The first-order valence-electron chi connectivity index (χ1n) is 7.76. The quantitative estimate of drug-likeness (QED) is 0.646. The lowest BCUT2D eigenvalue weighted by atomic mass is 9.97. The molecule has 0 bridgehead atoms. The van der Waals surface area contributed by atoms with E-state index in [1.807, 2.05) is 6.92 Å². The summed E-state index contributed by atoms with van der Waals surface area (Å²) in [4.78, 5) is 8.79. The Morgan fingerprint density at radius 3 is 2.95 bits per heavy atom. The van der Waals surface area contributed by atoms with Crippen LogP contribution in [0.2, 0.25) is 0 Å². The summed E-state index contributed by atoms with van der Waals surface area (Å²) in [7, 11) is 0. The third-order valence-electron chi connectivity index (χ3n) is 4.83. The molecule has 0 aliphatic heterocycles. The van der Waals surface area contributed by atoms with Gasteiger partial charge in [0.2, 0.25) is 0 Å². The van der Waals surface area contributed by atoms with E-state index in [9.17, 15) is 0 Å². The molecule has 4 heteroatoms. The predicted molar refractivity (Wildman–Crippen MR) is 92.0 cm³/mol. The SMILES string of the molecule is Cc1ncnc2c1ccn2C1CCC(c2cccc(Br)c2)C1.